The zero-order valence-electron chi connectivity index (χ0n) is 12.1. The number of benzene rings is 2. The van der Waals surface area contributed by atoms with Crippen LogP contribution in [0.1, 0.15) is 10.4 Å². The molecule has 0 saturated carbocycles. The molecule has 114 valence electrons. The maximum Gasteiger partial charge on any atom is 0.255 e. The van der Waals surface area contributed by atoms with E-state index in [0.717, 1.165) is 0 Å². The topological polar surface area (TPSA) is 51.2 Å². The Balaban J connectivity index is 1.68. The molecule has 0 radical (unpaired) electrons. The van der Waals surface area contributed by atoms with Gasteiger partial charge in [0.05, 0.1) is 5.02 Å². The van der Waals surface area contributed by atoms with Crippen LogP contribution in [0.2, 0.25) is 5.02 Å². The average molecular weight is 325 g/mol. The zero-order chi connectivity index (χ0) is 16.1. The molecule has 5 heteroatoms. The number of para-hydroxylation sites is 1. The summed E-state index contributed by atoms with van der Waals surface area (Å²) in [7, 11) is 0. The number of carbonyl (C=O) groups is 1. The number of anilines is 1. The van der Waals surface area contributed by atoms with E-state index in [2.05, 4.69) is 10.3 Å². The number of amides is 1. The summed E-state index contributed by atoms with van der Waals surface area (Å²) in [6, 6.07) is 17.6. The minimum Gasteiger partial charge on any atom is -0.456 e. The van der Waals surface area contributed by atoms with Gasteiger partial charge < -0.3 is 10.1 Å². The molecule has 1 aromatic heterocycles. The minimum absolute atomic E-state index is 0.188. The average Bonchev–Trinajstić information content (AvgIpc) is 2.59. The van der Waals surface area contributed by atoms with Crippen molar-refractivity contribution in [3.8, 4) is 11.5 Å². The summed E-state index contributed by atoms with van der Waals surface area (Å²) in [5, 5.41) is 3.36. The molecule has 0 aliphatic carbocycles. The third kappa shape index (κ3) is 3.87. The van der Waals surface area contributed by atoms with Crippen molar-refractivity contribution in [2.45, 2.75) is 0 Å². The molecular formula is C18H13ClN2O2. The highest BCUT2D eigenvalue weighted by Crippen LogP contribution is 2.29. The molecule has 0 atom stereocenters. The summed E-state index contributed by atoms with van der Waals surface area (Å²) in [5.74, 6) is 1.04. The van der Waals surface area contributed by atoms with E-state index in [9.17, 15) is 4.79 Å². The lowest BCUT2D eigenvalue weighted by molar-refractivity contribution is 0.102. The molecule has 2 aromatic carbocycles. The summed E-state index contributed by atoms with van der Waals surface area (Å²) in [6.45, 7) is 0. The number of halogens is 1. The van der Waals surface area contributed by atoms with E-state index >= 15 is 0 Å². The van der Waals surface area contributed by atoms with Crippen LogP contribution in [0.25, 0.3) is 0 Å². The molecule has 23 heavy (non-hydrogen) atoms. The molecule has 4 nitrogen and oxygen atoms in total. The van der Waals surface area contributed by atoms with Crippen LogP contribution >= 0.6 is 11.6 Å². The summed E-state index contributed by atoms with van der Waals surface area (Å²) < 4.78 is 5.70. The molecule has 3 rings (SSSR count). The fourth-order valence-electron chi connectivity index (χ4n) is 1.97. The van der Waals surface area contributed by atoms with Gasteiger partial charge in [-0.2, -0.15) is 0 Å². The van der Waals surface area contributed by atoms with E-state index in [1.807, 2.05) is 12.1 Å². The highest BCUT2D eigenvalue weighted by Gasteiger charge is 2.06. The van der Waals surface area contributed by atoms with Crippen molar-refractivity contribution in [1.82, 2.24) is 4.98 Å². The first kappa shape index (κ1) is 15.1. The Morgan fingerprint density at radius 1 is 0.957 bits per heavy atom. The van der Waals surface area contributed by atoms with Gasteiger partial charge in [0.15, 0.2) is 0 Å². The second-order valence-electron chi connectivity index (χ2n) is 4.75. The van der Waals surface area contributed by atoms with Crippen molar-refractivity contribution in [3.63, 3.8) is 0 Å². The predicted molar refractivity (Wildman–Crippen MR) is 90.2 cm³/mol. The van der Waals surface area contributed by atoms with Gasteiger partial charge in [-0.15, -0.1) is 0 Å². The van der Waals surface area contributed by atoms with Gasteiger partial charge in [-0.25, -0.2) is 0 Å². The SMILES string of the molecule is O=C(Nc1ccc(Oc2ccccc2Cl)cc1)c1ccncc1. The zero-order valence-corrected chi connectivity index (χ0v) is 12.8. The predicted octanol–water partition coefficient (Wildman–Crippen LogP) is 4.78. The third-order valence-electron chi connectivity index (χ3n) is 3.12. The van der Waals surface area contributed by atoms with Gasteiger partial charge in [0, 0.05) is 23.6 Å². The van der Waals surface area contributed by atoms with Gasteiger partial charge in [0.1, 0.15) is 11.5 Å². The van der Waals surface area contributed by atoms with E-state index in [-0.39, 0.29) is 5.91 Å². The highest BCUT2D eigenvalue weighted by atomic mass is 35.5. The lowest BCUT2D eigenvalue weighted by Crippen LogP contribution is -2.11. The Hall–Kier alpha value is -2.85. The van der Waals surface area contributed by atoms with Gasteiger partial charge in [0.2, 0.25) is 0 Å². The number of nitrogens with one attached hydrogen (secondary N) is 1. The van der Waals surface area contributed by atoms with Gasteiger partial charge in [-0.1, -0.05) is 23.7 Å². The number of ether oxygens (including phenoxy) is 1. The first-order chi connectivity index (χ1) is 11.2. The molecular weight excluding hydrogens is 312 g/mol. The number of hydrogen-bond acceptors (Lipinski definition) is 3. The molecule has 3 aromatic rings. The van der Waals surface area contributed by atoms with Crippen molar-refractivity contribution in [1.29, 1.82) is 0 Å². The molecule has 0 spiro atoms. The van der Waals surface area contributed by atoms with Crippen LogP contribution < -0.4 is 10.1 Å². The molecule has 0 fully saturated rings. The fraction of sp³-hybridized carbons (Fsp3) is 0. The number of pyridine rings is 1. The van der Waals surface area contributed by atoms with Crippen LogP contribution in [-0.2, 0) is 0 Å². The summed E-state index contributed by atoms with van der Waals surface area (Å²) in [5.41, 5.74) is 1.23. The molecule has 1 amide bonds. The summed E-state index contributed by atoms with van der Waals surface area (Å²) in [6.07, 6.45) is 3.16. The van der Waals surface area contributed by atoms with Gasteiger partial charge in [-0.05, 0) is 48.5 Å². The Morgan fingerprint density at radius 3 is 2.35 bits per heavy atom. The van der Waals surface area contributed by atoms with E-state index in [1.165, 1.54) is 0 Å². The Morgan fingerprint density at radius 2 is 1.65 bits per heavy atom. The van der Waals surface area contributed by atoms with Crippen LogP contribution in [0.15, 0.2) is 73.1 Å². The van der Waals surface area contributed by atoms with Crippen LogP contribution in [0.3, 0.4) is 0 Å². The second kappa shape index (κ2) is 6.94. The van der Waals surface area contributed by atoms with E-state index < -0.39 is 0 Å². The molecule has 0 bridgehead atoms. The quantitative estimate of drug-likeness (QED) is 0.751. The maximum absolute atomic E-state index is 12.0. The molecule has 0 unspecified atom stereocenters. The van der Waals surface area contributed by atoms with Crippen molar-refractivity contribution in [2.75, 3.05) is 5.32 Å². The van der Waals surface area contributed by atoms with E-state index in [0.29, 0.717) is 27.8 Å². The number of aromatic nitrogens is 1. The largest absolute Gasteiger partial charge is 0.456 e. The van der Waals surface area contributed by atoms with Crippen molar-refractivity contribution >= 4 is 23.2 Å². The third-order valence-corrected chi connectivity index (χ3v) is 3.43. The Bertz CT molecular complexity index is 805. The number of carbonyl (C=O) groups excluding carboxylic acids is 1. The first-order valence-electron chi connectivity index (χ1n) is 6.96. The summed E-state index contributed by atoms with van der Waals surface area (Å²) in [4.78, 5) is 15.9. The molecule has 0 aliphatic rings. The van der Waals surface area contributed by atoms with Crippen molar-refractivity contribution < 1.29 is 9.53 Å². The van der Waals surface area contributed by atoms with Crippen LogP contribution in [-0.4, -0.2) is 10.9 Å². The fourth-order valence-corrected chi connectivity index (χ4v) is 2.14. The van der Waals surface area contributed by atoms with Crippen molar-refractivity contribution in [2.24, 2.45) is 0 Å². The molecule has 1 heterocycles. The highest BCUT2D eigenvalue weighted by molar-refractivity contribution is 6.32. The number of hydrogen-bond donors (Lipinski definition) is 1. The lowest BCUT2D eigenvalue weighted by atomic mass is 10.2. The summed E-state index contributed by atoms with van der Waals surface area (Å²) >= 11 is 6.05. The Labute approximate surface area is 138 Å². The van der Waals surface area contributed by atoms with Gasteiger partial charge in [0.25, 0.3) is 5.91 Å². The van der Waals surface area contributed by atoms with Crippen LogP contribution in [0.4, 0.5) is 5.69 Å². The Kier molecular flexibility index (Phi) is 4.54. The van der Waals surface area contributed by atoms with E-state index in [4.69, 9.17) is 16.3 Å². The van der Waals surface area contributed by atoms with Crippen LogP contribution in [0, 0.1) is 0 Å². The monoisotopic (exact) mass is 324 g/mol. The lowest BCUT2D eigenvalue weighted by Gasteiger charge is -2.09. The smallest absolute Gasteiger partial charge is 0.255 e. The van der Waals surface area contributed by atoms with E-state index in [1.54, 1.807) is 60.9 Å². The molecule has 0 aliphatic heterocycles. The number of nitrogens with zero attached hydrogens (tertiary/aromatic N) is 1. The standard InChI is InChI=1S/C18H13ClN2O2/c19-16-3-1-2-4-17(16)23-15-7-5-14(6-8-15)21-18(22)13-9-11-20-12-10-13/h1-12H,(H,21,22). The first-order valence-corrected chi connectivity index (χ1v) is 7.34. The second-order valence-corrected chi connectivity index (χ2v) is 5.15. The van der Waals surface area contributed by atoms with Crippen LogP contribution in [0.5, 0.6) is 11.5 Å². The molecule has 0 saturated heterocycles. The maximum atomic E-state index is 12.0. The minimum atomic E-state index is -0.188. The normalized spacial score (nSPS) is 10.1. The number of rotatable bonds is 4. The molecule has 1 N–H and O–H groups in total. The van der Waals surface area contributed by atoms with Crippen molar-refractivity contribution in [3.05, 3.63) is 83.6 Å². The van der Waals surface area contributed by atoms with Gasteiger partial charge in [-0.3, -0.25) is 9.78 Å². The van der Waals surface area contributed by atoms with Gasteiger partial charge >= 0.3 is 0 Å².